The highest BCUT2D eigenvalue weighted by Crippen LogP contribution is 2.49. The third kappa shape index (κ3) is 4.81. The van der Waals surface area contributed by atoms with E-state index in [1.807, 2.05) is 24.3 Å². The van der Waals surface area contributed by atoms with Crippen LogP contribution in [0.5, 0.6) is 0 Å². The first-order chi connectivity index (χ1) is 25.5. The van der Waals surface area contributed by atoms with E-state index in [0.29, 0.717) is 5.82 Å². The summed E-state index contributed by atoms with van der Waals surface area (Å²) in [6, 6.07) is 63.0. The van der Waals surface area contributed by atoms with Crippen molar-refractivity contribution in [1.82, 2.24) is 14.5 Å². The number of nitrogens with zero attached hydrogens (tertiary/aromatic N) is 3. The van der Waals surface area contributed by atoms with E-state index < -0.39 is 0 Å². The summed E-state index contributed by atoms with van der Waals surface area (Å²) in [5.74, 6) is 0.713. The van der Waals surface area contributed by atoms with Crippen LogP contribution in [0.4, 0.5) is 0 Å². The van der Waals surface area contributed by atoms with E-state index in [-0.39, 0.29) is 5.41 Å². The molecule has 2 aromatic heterocycles. The fraction of sp³-hybridized carbons (Fsp3) is 0.0612. The molecule has 3 heteroatoms. The van der Waals surface area contributed by atoms with Crippen molar-refractivity contribution in [3.05, 3.63) is 187 Å². The lowest BCUT2D eigenvalue weighted by atomic mass is 9.82. The molecule has 0 N–H and O–H groups in total. The maximum Gasteiger partial charge on any atom is 0.160 e. The van der Waals surface area contributed by atoms with E-state index in [0.717, 1.165) is 33.8 Å². The van der Waals surface area contributed by atoms with Gasteiger partial charge in [0.15, 0.2) is 5.82 Å². The molecule has 1 aliphatic rings. The highest BCUT2D eigenvalue weighted by molar-refractivity contribution is 6.10. The van der Waals surface area contributed by atoms with Gasteiger partial charge in [0.2, 0.25) is 0 Å². The summed E-state index contributed by atoms with van der Waals surface area (Å²) >= 11 is 0. The standard InChI is InChI=1S/C49H35N3/c1-49(2)42-22-11-9-20-38(42)40-29-34(24-26-43(40)49)35-25-27-47-41(30-35)39-21-10-12-23-46(39)52(47)37-19-13-18-36(28-37)45-31-44(32-14-5-3-6-15-32)50-48(51-45)33-16-7-4-8-17-33/h3-31H,1-2H3. The largest absolute Gasteiger partial charge is 0.309 e. The zero-order chi connectivity index (χ0) is 34.8. The van der Waals surface area contributed by atoms with Gasteiger partial charge in [0.1, 0.15) is 0 Å². The number of benzene rings is 7. The van der Waals surface area contributed by atoms with E-state index >= 15 is 0 Å². The summed E-state index contributed by atoms with van der Waals surface area (Å²) in [6.45, 7) is 4.67. The van der Waals surface area contributed by atoms with Gasteiger partial charge in [-0.25, -0.2) is 9.97 Å². The van der Waals surface area contributed by atoms with Crippen LogP contribution in [0.3, 0.4) is 0 Å². The van der Waals surface area contributed by atoms with Crippen LogP contribution in [0, 0.1) is 0 Å². The summed E-state index contributed by atoms with van der Waals surface area (Å²) in [6.07, 6.45) is 0. The second kappa shape index (κ2) is 11.8. The van der Waals surface area contributed by atoms with Gasteiger partial charge >= 0.3 is 0 Å². The lowest BCUT2D eigenvalue weighted by Gasteiger charge is -2.21. The van der Waals surface area contributed by atoms with Gasteiger partial charge in [-0.3, -0.25) is 0 Å². The minimum atomic E-state index is -0.00558. The van der Waals surface area contributed by atoms with Gasteiger partial charge in [0.25, 0.3) is 0 Å². The summed E-state index contributed by atoms with van der Waals surface area (Å²) in [5.41, 5.74) is 16.3. The monoisotopic (exact) mass is 665 g/mol. The van der Waals surface area contributed by atoms with Crippen molar-refractivity contribution in [2.24, 2.45) is 0 Å². The molecule has 0 aliphatic heterocycles. The maximum absolute atomic E-state index is 5.12. The lowest BCUT2D eigenvalue weighted by molar-refractivity contribution is 0.660. The highest BCUT2D eigenvalue weighted by atomic mass is 15.0. The van der Waals surface area contributed by atoms with Gasteiger partial charge in [-0.05, 0) is 75.8 Å². The van der Waals surface area contributed by atoms with Crippen molar-refractivity contribution in [3.63, 3.8) is 0 Å². The van der Waals surface area contributed by atoms with Crippen LogP contribution >= 0.6 is 0 Å². The van der Waals surface area contributed by atoms with Crippen LogP contribution in [0.1, 0.15) is 25.0 Å². The van der Waals surface area contributed by atoms with Crippen molar-refractivity contribution >= 4 is 21.8 Å². The van der Waals surface area contributed by atoms with Crippen LogP contribution in [0.25, 0.3) is 83.6 Å². The molecule has 246 valence electrons. The Bertz CT molecular complexity index is 2750. The van der Waals surface area contributed by atoms with Crippen LogP contribution in [0.15, 0.2) is 176 Å². The Labute approximate surface area is 303 Å². The maximum atomic E-state index is 5.12. The molecule has 0 spiro atoms. The van der Waals surface area contributed by atoms with Crippen molar-refractivity contribution in [2.45, 2.75) is 19.3 Å². The predicted octanol–water partition coefficient (Wildman–Crippen LogP) is 12.5. The molecule has 0 fully saturated rings. The Morgan fingerprint density at radius 3 is 1.85 bits per heavy atom. The SMILES string of the molecule is CC1(C)c2ccccc2-c2cc(-c3ccc4c(c3)c3ccccc3n4-c3cccc(-c4cc(-c5ccccc5)nc(-c5ccccc5)n4)c3)ccc21. The molecule has 0 saturated heterocycles. The molecule has 9 aromatic rings. The van der Waals surface area contributed by atoms with Gasteiger partial charge < -0.3 is 4.57 Å². The molecule has 0 radical (unpaired) electrons. The zero-order valence-electron chi connectivity index (χ0n) is 29.1. The predicted molar refractivity (Wildman–Crippen MR) is 216 cm³/mol. The third-order valence-electron chi connectivity index (χ3n) is 10.8. The normalized spacial score (nSPS) is 13.0. The topological polar surface area (TPSA) is 30.7 Å². The van der Waals surface area contributed by atoms with E-state index in [2.05, 4.69) is 170 Å². The molecule has 1 aliphatic carbocycles. The van der Waals surface area contributed by atoms with Gasteiger partial charge in [-0.2, -0.15) is 0 Å². The third-order valence-corrected chi connectivity index (χ3v) is 10.8. The first-order valence-electron chi connectivity index (χ1n) is 17.9. The quantitative estimate of drug-likeness (QED) is 0.183. The fourth-order valence-electron chi connectivity index (χ4n) is 8.20. The number of fused-ring (bicyclic) bond motifs is 6. The average molecular weight is 666 g/mol. The second-order valence-corrected chi connectivity index (χ2v) is 14.3. The smallest absolute Gasteiger partial charge is 0.160 e. The number of hydrogen-bond acceptors (Lipinski definition) is 2. The number of para-hydroxylation sites is 1. The fourth-order valence-corrected chi connectivity index (χ4v) is 8.20. The molecule has 52 heavy (non-hydrogen) atoms. The molecule has 0 amide bonds. The first kappa shape index (κ1) is 30.3. The second-order valence-electron chi connectivity index (χ2n) is 14.3. The summed E-state index contributed by atoms with van der Waals surface area (Å²) in [7, 11) is 0. The van der Waals surface area contributed by atoms with Crippen molar-refractivity contribution < 1.29 is 0 Å². The van der Waals surface area contributed by atoms with E-state index in [1.165, 1.54) is 55.2 Å². The lowest BCUT2D eigenvalue weighted by Crippen LogP contribution is -2.14. The summed E-state index contributed by atoms with van der Waals surface area (Å²) in [5, 5.41) is 2.47. The first-order valence-corrected chi connectivity index (χ1v) is 17.9. The van der Waals surface area contributed by atoms with E-state index in [1.54, 1.807) is 0 Å². The van der Waals surface area contributed by atoms with Crippen LogP contribution < -0.4 is 0 Å². The Hall–Kier alpha value is -6.58. The van der Waals surface area contributed by atoms with Gasteiger partial charge in [0.05, 0.1) is 22.4 Å². The average Bonchev–Trinajstić information content (AvgIpc) is 3.66. The Balaban J connectivity index is 1.11. The summed E-state index contributed by atoms with van der Waals surface area (Å²) < 4.78 is 2.39. The van der Waals surface area contributed by atoms with Gasteiger partial charge in [-0.15, -0.1) is 0 Å². The molecule has 10 rings (SSSR count). The molecule has 0 atom stereocenters. The number of rotatable bonds is 5. The van der Waals surface area contributed by atoms with E-state index in [4.69, 9.17) is 9.97 Å². The summed E-state index contributed by atoms with van der Waals surface area (Å²) in [4.78, 5) is 10.1. The van der Waals surface area contributed by atoms with E-state index in [9.17, 15) is 0 Å². The molecule has 0 bridgehead atoms. The van der Waals surface area contributed by atoms with Gasteiger partial charge in [0, 0.05) is 38.6 Å². The van der Waals surface area contributed by atoms with Crippen LogP contribution in [-0.4, -0.2) is 14.5 Å². The Morgan fingerprint density at radius 1 is 0.404 bits per heavy atom. The zero-order valence-corrected chi connectivity index (χ0v) is 29.1. The molecular formula is C49H35N3. The molecule has 2 heterocycles. The number of hydrogen-bond donors (Lipinski definition) is 0. The minimum absolute atomic E-state index is 0.00558. The van der Waals surface area contributed by atoms with Crippen molar-refractivity contribution in [2.75, 3.05) is 0 Å². The molecular weight excluding hydrogens is 631 g/mol. The van der Waals surface area contributed by atoms with Crippen LogP contribution in [0.2, 0.25) is 0 Å². The minimum Gasteiger partial charge on any atom is -0.309 e. The van der Waals surface area contributed by atoms with Crippen molar-refractivity contribution in [1.29, 1.82) is 0 Å². The Morgan fingerprint density at radius 2 is 1.02 bits per heavy atom. The number of aromatic nitrogens is 3. The van der Waals surface area contributed by atoms with Crippen molar-refractivity contribution in [3.8, 4) is 61.8 Å². The van der Waals surface area contributed by atoms with Crippen LogP contribution in [-0.2, 0) is 5.41 Å². The van der Waals surface area contributed by atoms with Gasteiger partial charge in [-0.1, -0.05) is 147 Å². The molecule has 7 aromatic carbocycles. The molecule has 0 unspecified atom stereocenters. The molecule has 0 saturated carbocycles. The molecule has 3 nitrogen and oxygen atoms in total. The highest BCUT2D eigenvalue weighted by Gasteiger charge is 2.35. The Kier molecular flexibility index (Phi) is 6.84.